The number of fused-ring (bicyclic) bond motifs is 1. The highest BCUT2D eigenvalue weighted by Gasteiger charge is 2.37. The molecule has 0 spiro atoms. The lowest BCUT2D eigenvalue weighted by Crippen LogP contribution is -2.34. The van der Waals surface area contributed by atoms with Crippen LogP contribution < -0.4 is 0 Å². The summed E-state index contributed by atoms with van der Waals surface area (Å²) >= 11 is 0. The van der Waals surface area contributed by atoms with Gasteiger partial charge in [-0.15, -0.1) is 0 Å². The molecule has 2 saturated carbocycles. The average molecular weight is 226 g/mol. The Labute approximate surface area is 99.1 Å². The molecule has 4 atom stereocenters. The number of aliphatic hydroxyl groups is 2. The highest BCUT2D eigenvalue weighted by atomic mass is 16.3. The number of rotatable bonds is 4. The van der Waals surface area contributed by atoms with Gasteiger partial charge >= 0.3 is 0 Å². The lowest BCUT2D eigenvalue weighted by atomic mass is 9.62. The van der Waals surface area contributed by atoms with Crippen LogP contribution in [0.4, 0.5) is 0 Å². The average Bonchev–Trinajstić information content (AvgIpc) is 2.30. The van der Waals surface area contributed by atoms with Crippen molar-refractivity contribution >= 4 is 0 Å². The first-order valence-electron chi connectivity index (χ1n) is 7.07. The molecule has 0 aliphatic heterocycles. The Morgan fingerprint density at radius 3 is 2.44 bits per heavy atom. The minimum atomic E-state index is 0.363. The molecule has 2 aliphatic rings. The van der Waals surface area contributed by atoms with Crippen molar-refractivity contribution in [3.05, 3.63) is 0 Å². The smallest absolute Gasteiger partial charge is 0.0433 e. The molecule has 16 heavy (non-hydrogen) atoms. The zero-order chi connectivity index (χ0) is 11.4. The Kier molecular flexibility index (Phi) is 4.66. The quantitative estimate of drug-likeness (QED) is 0.773. The first kappa shape index (κ1) is 12.4. The van der Waals surface area contributed by atoms with Crippen molar-refractivity contribution in [2.45, 2.75) is 51.4 Å². The van der Waals surface area contributed by atoms with Crippen molar-refractivity contribution in [1.29, 1.82) is 0 Å². The Hall–Kier alpha value is -0.0800. The van der Waals surface area contributed by atoms with Gasteiger partial charge in [0, 0.05) is 13.2 Å². The third-order valence-corrected chi connectivity index (χ3v) is 4.94. The van der Waals surface area contributed by atoms with Gasteiger partial charge in [0.25, 0.3) is 0 Å². The Balaban J connectivity index is 1.89. The third kappa shape index (κ3) is 2.78. The summed E-state index contributed by atoms with van der Waals surface area (Å²) in [6.07, 6.45) is 10.1. The maximum atomic E-state index is 9.11. The lowest BCUT2D eigenvalue weighted by molar-refractivity contribution is 0.0540. The molecule has 94 valence electrons. The van der Waals surface area contributed by atoms with Crippen LogP contribution in [0, 0.1) is 23.7 Å². The van der Waals surface area contributed by atoms with Gasteiger partial charge in [-0.3, -0.25) is 0 Å². The van der Waals surface area contributed by atoms with Crippen LogP contribution in [-0.2, 0) is 0 Å². The second-order valence-electron chi connectivity index (χ2n) is 5.82. The van der Waals surface area contributed by atoms with Gasteiger partial charge in [-0.05, 0) is 49.4 Å². The van der Waals surface area contributed by atoms with Gasteiger partial charge in [-0.1, -0.05) is 25.7 Å². The molecular weight excluding hydrogens is 200 g/mol. The van der Waals surface area contributed by atoms with Gasteiger partial charge in [-0.25, -0.2) is 0 Å². The molecule has 4 unspecified atom stereocenters. The van der Waals surface area contributed by atoms with Crippen LogP contribution in [0.1, 0.15) is 51.4 Å². The van der Waals surface area contributed by atoms with E-state index in [-0.39, 0.29) is 0 Å². The van der Waals surface area contributed by atoms with Gasteiger partial charge in [0.05, 0.1) is 0 Å². The van der Waals surface area contributed by atoms with Crippen LogP contribution in [-0.4, -0.2) is 23.4 Å². The van der Waals surface area contributed by atoms with Crippen molar-refractivity contribution in [2.75, 3.05) is 13.2 Å². The maximum absolute atomic E-state index is 9.11. The molecule has 0 radical (unpaired) electrons. The standard InChI is InChI=1S/C14H26O2/c15-8-6-11-4-5-14-12(7-9-16)2-1-3-13(14)10-11/h11-16H,1-10H2. The molecule has 0 heterocycles. The molecule has 0 amide bonds. The molecule has 2 rings (SSSR count). The number of hydrogen-bond donors (Lipinski definition) is 2. The summed E-state index contributed by atoms with van der Waals surface area (Å²) in [7, 11) is 0. The summed E-state index contributed by atoms with van der Waals surface area (Å²) in [4.78, 5) is 0. The van der Waals surface area contributed by atoms with Gasteiger partial charge in [0.15, 0.2) is 0 Å². The summed E-state index contributed by atoms with van der Waals surface area (Å²) in [5.41, 5.74) is 0. The fourth-order valence-corrected chi connectivity index (χ4v) is 4.16. The molecule has 0 saturated heterocycles. The summed E-state index contributed by atoms with van der Waals surface area (Å²) in [6, 6.07) is 0. The Bertz CT molecular complexity index is 203. The topological polar surface area (TPSA) is 40.5 Å². The summed E-state index contributed by atoms with van der Waals surface area (Å²) < 4.78 is 0. The Morgan fingerprint density at radius 1 is 0.875 bits per heavy atom. The monoisotopic (exact) mass is 226 g/mol. The van der Waals surface area contributed by atoms with E-state index in [1.807, 2.05) is 0 Å². The van der Waals surface area contributed by atoms with Crippen molar-refractivity contribution in [1.82, 2.24) is 0 Å². The molecule has 0 aromatic rings. The van der Waals surface area contributed by atoms with Gasteiger partial charge in [-0.2, -0.15) is 0 Å². The van der Waals surface area contributed by atoms with Crippen LogP contribution in [0.25, 0.3) is 0 Å². The molecule has 0 bridgehead atoms. The SMILES string of the molecule is OCCC1CCC2C(CCO)CCCC2C1. The molecule has 2 aliphatic carbocycles. The molecule has 2 N–H and O–H groups in total. The van der Waals surface area contributed by atoms with Crippen molar-refractivity contribution in [3.63, 3.8) is 0 Å². The van der Waals surface area contributed by atoms with Gasteiger partial charge < -0.3 is 10.2 Å². The molecule has 2 fully saturated rings. The number of hydrogen-bond acceptors (Lipinski definition) is 2. The van der Waals surface area contributed by atoms with E-state index in [9.17, 15) is 0 Å². The van der Waals surface area contributed by atoms with Crippen LogP contribution in [0.5, 0.6) is 0 Å². The highest BCUT2D eigenvalue weighted by Crippen LogP contribution is 2.47. The predicted octanol–water partition coefficient (Wildman–Crippen LogP) is 2.58. The summed E-state index contributed by atoms with van der Waals surface area (Å²) in [6.45, 7) is 0.732. The lowest BCUT2D eigenvalue weighted by Gasteiger charge is -2.44. The molecule has 2 nitrogen and oxygen atoms in total. The van der Waals surface area contributed by atoms with E-state index in [1.54, 1.807) is 0 Å². The van der Waals surface area contributed by atoms with Crippen LogP contribution in [0.3, 0.4) is 0 Å². The van der Waals surface area contributed by atoms with Gasteiger partial charge in [0.2, 0.25) is 0 Å². The fraction of sp³-hybridized carbons (Fsp3) is 1.00. The van der Waals surface area contributed by atoms with Crippen LogP contribution in [0.15, 0.2) is 0 Å². The first-order valence-corrected chi connectivity index (χ1v) is 7.07. The maximum Gasteiger partial charge on any atom is 0.0433 e. The van der Waals surface area contributed by atoms with Crippen molar-refractivity contribution in [2.24, 2.45) is 23.7 Å². The van der Waals surface area contributed by atoms with Crippen LogP contribution >= 0.6 is 0 Å². The highest BCUT2D eigenvalue weighted by molar-refractivity contribution is 4.87. The summed E-state index contributed by atoms with van der Waals surface area (Å²) in [5.74, 6) is 3.35. The summed E-state index contributed by atoms with van der Waals surface area (Å²) in [5, 5.41) is 18.1. The molecule has 2 heteroatoms. The molecular formula is C14H26O2. The largest absolute Gasteiger partial charge is 0.396 e. The normalized spacial score (nSPS) is 39.4. The second-order valence-corrected chi connectivity index (χ2v) is 5.82. The van der Waals surface area contributed by atoms with E-state index < -0.39 is 0 Å². The zero-order valence-corrected chi connectivity index (χ0v) is 10.3. The van der Waals surface area contributed by atoms with Crippen LogP contribution in [0.2, 0.25) is 0 Å². The Morgan fingerprint density at radius 2 is 1.69 bits per heavy atom. The minimum Gasteiger partial charge on any atom is -0.396 e. The van der Waals surface area contributed by atoms with E-state index >= 15 is 0 Å². The van der Waals surface area contributed by atoms with E-state index in [0.717, 1.165) is 36.5 Å². The molecule has 0 aromatic heterocycles. The number of aliphatic hydroxyl groups excluding tert-OH is 2. The minimum absolute atomic E-state index is 0.363. The van der Waals surface area contributed by atoms with E-state index in [0.29, 0.717) is 13.2 Å². The van der Waals surface area contributed by atoms with E-state index in [2.05, 4.69) is 0 Å². The fourth-order valence-electron chi connectivity index (χ4n) is 4.16. The predicted molar refractivity (Wildman–Crippen MR) is 65.1 cm³/mol. The first-order chi connectivity index (χ1) is 7.85. The third-order valence-electron chi connectivity index (χ3n) is 4.94. The second kappa shape index (κ2) is 6.02. The molecule has 0 aromatic carbocycles. The van der Waals surface area contributed by atoms with E-state index in [1.165, 1.54) is 38.5 Å². The van der Waals surface area contributed by atoms with E-state index in [4.69, 9.17) is 10.2 Å². The van der Waals surface area contributed by atoms with Crippen molar-refractivity contribution < 1.29 is 10.2 Å². The van der Waals surface area contributed by atoms with Crippen molar-refractivity contribution in [3.8, 4) is 0 Å². The van der Waals surface area contributed by atoms with Gasteiger partial charge in [0.1, 0.15) is 0 Å². The zero-order valence-electron chi connectivity index (χ0n) is 10.3.